The minimum Gasteiger partial charge on any atom is -0.445 e. The number of amides is 1. The molecule has 0 unspecified atom stereocenters. The lowest BCUT2D eigenvalue weighted by atomic mass is 9.97. The molecule has 1 fully saturated rings. The van der Waals surface area contributed by atoms with E-state index >= 15 is 0 Å². The molecule has 6 heteroatoms. The minimum atomic E-state index is -0.224. The van der Waals surface area contributed by atoms with Crippen molar-refractivity contribution in [3.8, 4) is 0 Å². The summed E-state index contributed by atoms with van der Waals surface area (Å²) in [5, 5.41) is 4.16. The van der Waals surface area contributed by atoms with E-state index in [-0.39, 0.29) is 6.09 Å². The number of ether oxygens (including phenoxy) is 1. The lowest BCUT2D eigenvalue weighted by Crippen LogP contribution is -2.40. The highest BCUT2D eigenvalue weighted by molar-refractivity contribution is 9.10. The largest absolute Gasteiger partial charge is 0.445 e. The molecule has 2 aromatic carbocycles. The predicted molar refractivity (Wildman–Crippen MR) is 109 cm³/mol. The molecule has 0 atom stereocenters. The molecule has 1 amide bonds. The molecule has 2 aromatic rings. The minimum absolute atomic E-state index is 0.224. The molecule has 0 bridgehead atoms. The number of nitrogens with zero attached hydrogens (tertiary/aromatic N) is 1. The molecular formula is C20H22BrClN2O2. The van der Waals surface area contributed by atoms with Crippen LogP contribution in [0.3, 0.4) is 0 Å². The molecule has 0 radical (unpaired) electrons. The van der Waals surface area contributed by atoms with Gasteiger partial charge in [-0.2, -0.15) is 0 Å². The van der Waals surface area contributed by atoms with E-state index in [1.54, 1.807) is 4.90 Å². The molecular weight excluding hydrogens is 416 g/mol. The van der Waals surface area contributed by atoms with Gasteiger partial charge in [-0.1, -0.05) is 41.9 Å². The monoisotopic (exact) mass is 436 g/mol. The van der Waals surface area contributed by atoms with Gasteiger partial charge in [-0.05, 0) is 58.5 Å². The Labute approximate surface area is 167 Å². The fourth-order valence-electron chi connectivity index (χ4n) is 3.02. The Balaban J connectivity index is 1.41. The van der Waals surface area contributed by atoms with Crippen LogP contribution in [0.5, 0.6) is 0 Å². The molecule has 1 saturated heterocycles. The second-order valence-corrected chi connectivity index (χ2v) is 7.77. The van der Waals surface area contributed by atoms with Gasteiger partial charge in [0.2, 0.25) is 0 Å². The molecule has 1 N–H and O–H groups in total. The van der Waals surface area contributed by atoms with Crippen molar-refractivity contribution < 1.29 is 9.53 Å². The average molecular weight is 438 g/mol. The van der Waals surface area contributed by atoms with Crippen LogP contribution >= 0.6 is 27.5 Å². The van der Waals surface area contributed by atoms with Gasteiger partial charge in [-0.15, -0.1) is 0 Å². The third-order valence-electron chi connectivity index (χ3n) is 4.59. The first-order valence-corrected chi connectivity index (χ1v) is 9.93. The first-order chi connectivity index (χ1) is 12.6. The van der Waals surface area contributed by atoms with Gasteiger partial charge in [0.25, 0.3) is 0 Å². The molecule has 138 valence electrons. The summed E-state index contributed by atoms with van der Waals surface area (Å²) in [6, 6.07) is 15.5. The van der Waals surface area contributed by atoms with Gasteiger partial charge in [-0.25, -0.2) is 4.79 Å². The smallest absolute Gasteiger partial charge is 0.410 e. The molecule has 0 aromatic heterocycles. The lowest BCUT2D eigenvalue weighted by molar-refractivity contribution is 0.0832. The molecule has 1 heterocycles. The fraction of sp³-hybridized carbons (Fsp3) is 0.350. The molecule has 1 aliphatic rings. The number of benzene rings is 2. The van der Waals surface area contributed by atoms with Crippen LogP contribution in [-0.4, -0.2) is 30.6 Å². The third kappa shape index (κ3) is 5.39. The number of hydrogen-bond acceptors (Lipinski definition) is 3. The number of likely N-dealkylation sites (tertiary alicyclic amines) is 1. The third-order valence-corrected chi connectivity index (χ3v) is 5.51. The van der Waals surface area contributed by atoms with E-state index in [1.807, 2.05) is 48.5 Å². The topological polar surface area (TPSA) is 41.6 Å². The molecule has 26 heavy (non-hydrogen) atoms. The zero-order valence-corrected chi connectivity index (χ0v) is 16.8. The van der Waals surface area contributed by atoms with Gasteiger partial charge >= 0.3 is 6.09 Å². The summed E-state index contributed by atoms with van der Waals surface area (Å²) in [5.41, 5.74) is 2.01. The van der Waals surface area contributed by atoms with Gasteiger partial charge in [0.05, 0.1) is 0 Å². The van der Waals surface area contributed by atoms with E-state index in [0.717, 1.165) is 48.2 Å². The van der Waals surface area contributed by atoms with E-state index in [2.05, 4.69) is 21.2 Å². The van der Waals surface area contributed by atoms with Crippen molar-refractivity contribution >= 4 is 39.3 Å². The van der Waals surface area contributed by atoms with Crippen LogP contribution in [0.1, 0.15) is 18.4 Å². The maximum Gasteiger partial charge on any atom is 0.410 e. The zero-order chi connectivity index (χ0) is 18.4. The van der Waals surface area contributed by atoms with Crippen molar-refractivity contribution in [2.75, 3.05) is 25.0 Å². The zero-order valence-electron chi connectivity index (χ0n) is 14.5. The van der Waals surface area contributed by atoms with Crippen LogP contribution in [0.15, 0.2) is 53.0 Å². The van der Waals surface area contributed by atoms with Crippen molar-refractivity contribution in [1.82, 2.24) is 4.90 Å². The summed E-state index contributed by atoms with van der Waals surface area (Å²) in [4.78, 5) is 14.0. The molecule has 0 spiro atoms. The number of halogens is 2. The van der Waals surface area contributed by atoms with Crippen molar-refractivity contribution in [3.05, 3.63) is 63.6 Å². The van der Waals surface area contributed by atoms with E-state index in [1.165, 1.54) is 0 Å². The Hall–Kier alpha value is -1.72. The van der Waals surface area contributed by atoms with Crippen LogP contribution in [0.4, 0.5) is 10.5 Å². The van der Waals surface area contributed by atoms with Gasteiger partial charge in [0.1, 0.15) is 6.61 Å². The summed E-state index contributed by atoms with van der Waals surface area (Å²) in [6.07, 6.45) is 1.70. The Morgan fingerprint density at radius 2 is 1.92 bits per heavy atom. The second-order valence-electron chi connectivity index (χ2n) is 6.48. The maximum atomic E-state index is 12.2. The lowest BCUT2D eigenvalue weighted by Gasteiger charge is -2.31. The summed E-state index contributed by atoms with van der Waals surface area (Å²) in [7, 11) is 0. The van der Waals surface area contributed by atoms with Crippen LogP contribution in [0.2, 0.25) is 5.02 Å². The normalized spacial score (nSPS) is 14.9. The molecule has 4 nitrogen and oxygen atoms in total. The highest BCUT2D eigenvalue weighted by atomic mass is 79.9. The van der Waals surface area contributed by atoms with E-state index < -0.39 is 0 Å². The van der Waals surface area contributed by atoms with E-state index in [9.17, 15) is 4.79 Å². The van der Waals surface area contributed by atoms with E-state index in [0.29, 0.717) is 17.5 Å². The standard InChI is InChI=1S/C20H22BrClN2O2/c21-18-7-6-17(22)12-19(18)23-13-15-8-10-24(11-9-15)20(25)26-14-16-4-2-1-3-5-16/h1-7,12,15,23H,8-11,13-14H2. The van der Waals surface area contributed by atoms with Crippen LogP contribution in [0.25, 0.3) is 0 Å². The number of nitrogens with one attached hydrogen (secondary N) is 1. The van der Waals surface area contributed by atoms with Crippen LogP contribution in [0, 0.1) is 5.92 Å². The van der Waals surface area contributed by atoms with Crippen molar-refractivity contribution in [2.24, 2.45) is 5.92 Å². The first-order valence-electron chi connectivity index (χ1n) is 8.76. The number of anilines is 1. The van der Waals surface area contributed by atoms with Crippen LogP contribution in [-0.2, 0) is 11.3 Å². The Morgan fingerprint density at radius 3 is 2.65 bits per heavy atom. The Morgan fingerprint density at radius 1 is 1.19 bits per heavy atom. The Kier molecular flexibility index (Phi) is 6.80. The number of carbonyl (C=O) groups is 1. The van der Waals surface area contributed by atoms with Crippen molar-refractivity contribution in [3.63, 3.8) is 0 Å². The summed E-state index contributed by atoms with van der Waals surface area (Å²) < 4.78 is 6.42. The number of hydrogen-bond donors (Lipinski definition) is 1. The number of piperidine rings is 1. The van der Waals surface area contributed by atoms with Gasteiger partial charge in [0, 0.05) is 34.8 Å². The van der Waals surface area contributed by atoms with E-state index in [4.69, 9.17) is 16.3 Å². The highest BCUT2D eigenvalue weighted by Crippen LogP contribution is 2.27. The summed E-state index contributed by atoms with van der Waals surface area (Å²) in [5.74, 6) is 0.527. The fourth-order valence-corrected chi connectivity index (χ4v) is 3.58. The summed E-state index contributed by atoms with van der Waals surface area (Å²) >= 11 is 9.58. The quantitative estimate of drug-likeness (QED) is 0.665. The Bertz CT molecular complexity index is 734. The van der Waals surface area contributed by atoms with Gasteiger partial charge in [-0.3, -0.25) is 0 Å². The first kappa shape index (κ1) is 19.1. The van der Waals surface area contributed by atoms with Crippen LogP contribution < -0.4 is 5.32 Å². The maximum absolute atomic E-state index is 12.2. The molecule has 1 aliphatic heterocycles. The van der Waals surface area contributed by atoms with Gasteiger partial charge < -0.3 is 15.0 Å². The second kappa shape index (κ2) is 9.28. The predicted octanol–water partition coefficient (Wildman–Crippen LogP) is 5.56. The highest BCUT2D eigenvalue weighted by Gasteiger charge is 2.23. The SMILES string of the molecule is O=C(OCc1ccccc1)N1CCC(CNc2cc(Cl)ccc2Br)CC1. The average Bonchev–Trinajstić information content (AvgIpc) is 2.68. The molecule has 3 rings (SSSR count). The van der Waals surface area contributed by atoms with Crippen molar-refractivity contribution in [2.45, 2.75) is 19.4 Å². The number of carbonyl (C=O) groups excluding carboxylic acids is 1. The van der Waals surface area contributed by atoms with Gasteiger partial charge in [0.15, 0.2) is 0 Å². The summed E-state index contributed by atoms with van der Waals surface area (Å²) in [6.45, 7) is 2.66. The molecule has 0 saturated carbocycles. The molecule has 0 aliphatic carbocycles. The van der Waals surface area contributed by atoms with Crippen molar-refractivity contribution in [1.29, 1.82) is 0 Å². The number of rotatable bonds is 5.